The SMILES string of the molecule is COCc1nc2n(n1)CCC[C@@H]2Nc1nc(C2CC2)ns1. The van der Waals surface area contributed by atoms with Crippen LogP contribution in [0.3, 0.4) is 0 Å². The maximum Gasteiger partial charge on any atom is 0.203 e. The molecule has 3 heterocycles. The molecule has 0 unspecified atom stereocenters. The van der Waals surface area contributed by atoms with Crippen LogP contribution in [0.4, 0.5) is 5.13 Å². The van der Waals surface area contributed by atoms with E-state index >= 15 is 0 Å². The minimum atomic E-state index is 0.164. The summed E-state index contributed by atoms with van der Waals surface area (Å²) in [5, 5.41) is 8.86. The largest absolute Gasteiger partial charge is 0.377 e. The summed E-state index contributed by atoms with van der Waals surface area (Å²) in [7, 11) is 1.66. The van der Waals surface area contributed by atoms with Crippen molar-refractivity contribution >= 4 is 16.7 Å². The van der Waals surface area contributed by atoms with Gasteiger partial charge in [0.05, 0.1) is 6.04 Å². The molecule has 2 aromatic rings. The highest BCUT2D eigenvalue weighted by atomic mass is 32.1. The third-order valence-corrected chi connectivity index (χ3v) is 4.53. The van der Waals surface area contributed by atoms with Gasteiger partial charge >= 0.3 is 0 Å². The molecule has 21 heavy (non-hydrogen) atoms. The molecule has 8 heteroatoms. The number of hydrogen-bond donors (Lipinski definition) is 1. The molecule has 112 valence electrons. The molecule has 1 fully saturated rings. The molecule has 0 bridgehead atoms. The average Bonchev–Trinajstić information content (AvgIpc) is 3.08. The molecule has 1 saturated carbocycles. The fourth-order valence-electron chi connectivity index (χ4n) is 2.68. The third kappa shape index (κ3) is 2.65. The maximum absolute atomic E-state index is 5.12. The summed E-state index contributed by atoms with van der Waals surface area (Å²) in [6, 6.07) is 0.164. The van der Waals surface area contributed by atoms with Crippen molar-refractivity contribution in [2.75, 3.05) is 12.4 Å². The Morgan fingerprint density at radius 3 is 3.05 bits per heavy atom. The molecule has 0 amide bonds. The second kappa shape index (κ2) is 5.34. The minimum absolute atomic E-state index is 0.164. The second-order valence-electron chi connectivity index (χ2n) is 5.61. The number of nitrogens with zero attached hydrogens (tertiary/aromatic N) is 5. The van der Waals surface area contributed by atoms with Crippen LogP contribution in [0, 0.1) is 0 Å². The van der Waals surface area contributed by atoms with Gasteiger partial charge in [-0.2, -0.15) is 9.47 Å². The highest BCUT2D eigenvalue weighted by molar-refractivity contribution is 7.09. The van der Waals surface area contributed by atoms with Gasteiger partial charge in [-0.05, 0) is 25.7 Å². The Bertz CT molecular complexity index is 634. The normalized spacial score (nSPS) is 21.3. The van der Waals surface area contributed by atoms with Crippen LogP contribution >= 0.6 is 11.5 Å². The Balaban J connectivity index is 1.52. The van der Waals surface area contributed by atoms with Crippen LogP contribution in [-0.2, 0) is 17.9 Å². The van der Waals surface area contributed by atoms with E-state index < -0.39 is 0 Å². The van der Waals surface area contributed by atoms with E-state index in [4.69, 9.17) is 4.74 Å². The smallest absolute Gasteiger partial charge is 0.203 e. The van der Waals surface area contributed by atoms with Crippen LogP contribution in [0.25, 0.3) is 0 Å². The van der Waals surface area contributed by atoms with Gasteiger partial charge in [-0.3, -0.25) is 0 Å². The van der Waals surface area contributed by atoms with E-state index in [0.717, 1.165) is 42.0 Å². The zero-order chi connectivity index (χ0) is 14.2. The van der Waals surface area contributed by atoms with Gasteiger partial charge in [0.2, 0.25) is 5.13 Å². The minimum Gasteiger partial charge on any atom is -0.377 e. The van der Waals surface area contributed by atoms with Crippen LogP contribution < -0.4 is 5.32 Å². The molecule has 0 saturated heterocycles. The standard InChI is InChI=1S/C13H18N6OS/c1-20-7-10-15-12-9(3-2-6-19(12)17-10)14-13-16-11(18-21-13)8-4-5-8/h8-9H,2-7H2,1H3,(H,14,16,18)/t9-/m0/s1. The van der Waals surface area contributed by atoms with Gasteiger partial charge in [-0.25, -0.2) is 14.6 Å². The molecule has 1 atom stereocenters. The predicted octanol–water partition coefficient (Wildman–Crippen LogP) is 2.10. The number of rotatable bonds is 5. The van der Waals surface area contributed by atoms with E-state index in [1.54, 1.807) is 7.11 Å². The van der Waals surface area contributed by atoms with E-state index in [2.05, 4.69) is 24.8 Å². The topological polar surface area (TPSA) is 77.8 Å². The highest BCUT2D eigenvalue weighted by Gasteiger charge is 2.29. The first-order chi connectivity index (χ1) is 10.3. The lowest BCUT2D eigenvalue weighted by atomic mass is 10.1. The van der Waals surface area contributed by atoms with Crippen molar-refractivity contribution in [2.45, 2.75) is 50.8 Å². The fraction of sp³-hybridized carbons (Fsp3) is 0.692. The Kier molecular flexibility index (Phi) is 3.34. The predicted molar refractivity (Wildman–Crippen MR) is 78.2 cm³/mol. The van der Waals surface area contributed by atoms with Crippen molar-refractivity contribution in [2.24, 2.45) is 0 Å². The maximum atomic E-state index is 5.12. The molecule has 4 rings (SSSR count). The quantitative estimate of drug-likeness (QED) is 0.911. The van der Waals surface area contributed by atoms with Gasteiger partial charge in [0.15, 0.2) is 5.82 Å². The van der Waals surface area contributed by atoms with Crippen LogP contribution in [0.1, 0.15) is 55.1 Å². The number of fused-ring (bicyclic) bond motifs is 1. The Morgan fingerprint density at radius 2 is 2.24 bits per heavy atom. The van der Waals surface area contributed by atoms with Crippen LogP contribution in [-0.4, -0.2) is 31.2 Å². The van der Waals surface area contributed by atoms with E-state index in [1.165, 1.54) is 24.4 Å². The first kappa shape index (κ1) is 13.1. The van der Waals surface area contributed by atoms with Crippen LogP contribution in [0.2, 0.25) is 0 Å². The van der Waals surface area contributed by atoms with E-state index in [1.807, 2.05) is 4.68 Å². The van der Waals surface area contributed by atoms with Gasteiger partial charge < -0.3 is 10.1 Å². The van der Waals surface area contributed by atoms with Gasteiger partial charge in [0.25, 0.3) is 0 Å². The molecule has 1 aliphatic carbocycles. The van der Waals surface area contributed by atoms with Gasteiger partial charge in [0.1, 0.15) is 18.3 Å². The van der Waals surface area contributed by atoms with E-state index in [9.17, 15) is 0 Å². The molecule has 1 N–H and O–H groups in total. The first-order valence-corrected chi connectivity index (χ1v) is 8.13. The van der Waals surface area contributed by atoms with Crippen molar-refractivity contribution in [3.63, 3.8) is 0 Å². The summed E-state index contributed by atoms with van der Waals surface area (Å²) >= 11 is 1.45. The summed E-state index contributed by atoms with van der Waals surface area (Å²) in [5.41, 5.74) is 0. The number of nitrogens with one attached hydrogen (secondary N) is 1. The van der Waals surface area contributed by atoms with Gasteiger partial charge in [-0.15, -0.1) is 0 Å². The molecular weight excluding hydrogens is 288 g/mol. The molecule has 1 aliphatic heterocycles. The fourth-order valence-corrected chi connectivity index (χ4v) is 3.38. The van der Waals surface area contributed by atoms with Gasteiger partial charge in [0, 0.05) is 31.1 Å². The Hall–Kier alpha value is -1.54. The summed E-state index contributed by atoms with van der Waals surface area (Å²) in [5.74, 6) is 3.33. The molecule has 0 radical (unpaired) electrons. The van der Waals surface area contributed by atoms with Crippen LogP contribution in [0.15, 0.2) is 0 Å². The van der Waals surface area contributed by atoms with Crippen molar-refractivity contribution in [3.8, 4) is 0 Å². The molecule has 0 aromatic carbocycles. The van der Waals surface area contributed by atoms with Gasteiger partial charge in [-0.1, -0.05) is 0 Å². The van der Waals surface area contributed by atoms with E-state index in [-0.39, 0.29) is 6.04 Å². The number of hydrogen-bond acceptors (Lipinski definition) is 7. The van der Waals surface area contributed by atoms with E-state index in [0.29, 0.717) is 12.5 Å². The van der Waals surface area contributed by atoms with Crippen LogP contribution in [0.5, 0.6) is 0 Å². The molecule has 2 aromatic heterocycles. The van der Waals surface area contributed by atoms with Crippen molar-refractivity contribution < 1.29 is 4.74 Å². The third-order valence-electron chi connectivity index (χ3n) is 3.87. The summed E-state index contributed by atoms with van der Waals surface area (Å²) < 4.78 is 11.5. The Morgan fingerprint density at radius 1 is 1.33 bits per heavy atom. The zero-order valence-corrected chi connectivity index (χ0v) is 12.8. The lowest BCUT2D eigenvalue weighted by Gasteiger charge is -2.22. The molecule has 7 nitrogen and oxygen atoms in total. The average molecular weight is 306 g/mol. The molecule has 2 aliphatic rings. The Labute approximate surface area is 126 Å². The number of ether oxygens (including phenoxy) is 1. The monoisotopic (exact) mass is 306 g/mol. The zero-order valence-electron chi connectivity index (χ0n) is 11.9. The number of methoxy groups -OCH3 is 1. The summed E-state index contributed by atoms with van der Waals surface area (Å²) in [6.45, 7) is 1.38. The van der Waals surface area contributed by atoms with Crippen molar-refractivity contribution in [1.29, 1.82) is 0 Å². The molecular formula is C13H18N6OS. The highest BCUT2D eigenvalue weighted by Crippen LogP contribution is 2.39. The van der Waals surface area contributed by atoms with Crippen molar-refractivity contribution in [3.05, 3.63) is 17.5 Å². The lowest BCUT2D eigenvalue weighted by Crippen LogP contribution is -2.22. The second-order valence-corrected chi connectivity index (χ2v) is 6.37. The number of aryl methyl sites for hydroxylation is 1. The van der Waals surface area contributed by atoms with Crippen molar-refractivity contribution in [1.82, 2.24) is 24.1 Å². The summed E-state index contributed by atoms with van der Waals surface area (Å²) in [6.07, 6.45) is 4.60. The first-order valence-electron chi connectivity index (χ1n) is 7.36. The summed E-state index contributed by atoms with van der Waals surface area (Å²) in [4.78, 5) is 9.19. The lowest BCUT2D eigenvalue weighted by molar-refractivity contribution is 0.177. The number of aromatic nitrogens is 5. The molecule has 0 spiro atoms. The number of anilines is 1.